The molecule has 2 unspecified atom stereocenters. The summed E-state index contributed by atoms with van der Waals surface area (Å²) >= 11 is 0. The van der Waals surface area contributed by atoms with Gasteiger partial charge in [0.25, 0.3) is 0 Å². The Labute approximate surface area is 91.1 Å². The van der Waals surface area contributed by atoms with E-state index in [-0.39, 0.29) is 17.9 Å². The Morgan fingerprint density at radius 2 is 2.00 bits per heavy atom. The van der Waals surface area contributed by atoms with Crippen molar-refractivity contribution in [2.75, 3.05) is 0 Å². The van der Waals surface area contributed by atoms with Crippen LogP contribution in [0.15, 0.2) is 0 Å². The fourth-order valence-corrected chi connectivity index (χ4v) is 2.93. The molecule has 0 aromatic heterocycles. The third kappa shape index (κ3) is 1.86. The predicted molar refractivity (Wildman–Crippen MR) is 56.9 cm³/mol. The normalized spacial score (nSPS) is 33.1. The molecule has 0 N–H and O–H groups in total. The summed E-state index contributed by atoms with van der Waals surface area (Å²) in [6.45, 7) is 2.02. The highest BCUT2D eigenvalue weighted by Gasteiger charge is 2.40. The molecule has 0 spiro atoms. The lowest BCUT2D eigenvalue weighted by Crippen LogP contribution is -2.42. The Bertz CT molecular complexity index is 288. The second-order valence-electron chi connectivity index (χ2n) is 4.77. The van der Waals surface area contributed by atoms with Crippen molar-refractivity contribution in [3.05, 3.63) is 0 Å². The number of rotatable bonds is 1. The van der Waals surface area contributed by atoms with Crippen LogP contribution in [0.25, 0.3) is 0 Å². The zero-order valence-corrected chi connectivity index (χ0v) is 9.28. The molecule has 15 heavy (non-hydrogen) atoms. The smallest absolute Gasteiger partial charge is 0.224 e. The number of hydrogen-bond donors (Lipinski definition) is 0. The fourth-order valence-electron chi connectivity index (χ4n) is 2.93. The fraction of sp³-hybridized carbons (Fsp3) is 0.833. The van der Waals surface area contributed by atoms with E-state index in [9.17, 15) is 4.79 Å². The molecule has 0 aromatic carbocycles. The average molecular weight is 206 g/mol. The summed E-state index contributed by atoms with van der Waals surface area (Å²) in [4.78, 5) is 13.8. The summed E-state index contributed by atoms with van der Waals surface area (Å²) in [5.74, 6) is 0.111. The van der Waals surface area contributed by atoms with Crippen molar-refractivity contribution < 1.29 is 4.79 Å². The summed E-state index contributed by atoms with van der Waals surface area (Å²) in [5, 5.41) is 8.94. The third-order valence-corrected chi connectivity index (χ3v) is 3.84. The molecule has 2 fully saturated rings. The van der Waals surface area contributed by atoms with Crippen molar-refractivity contribution in [2.45, 2.75) is 57.5 Å². The van der Waals surface area contributed by atoms with Gasteiger partial charge in [0.1, 0.15) is 0 Å². The second kappa shape index (κ2) is 4.22. The summed E-state index contributed by atoms with van der Waals surface area (Å²) in [5.41, 5.74) is 0. The van der Waals surface area contributed by atoms with Gasteiger partial charge in [-0.05, 0) is 19.8 Å². The molecular formula is C12H18N2O. The van der Waals surface area contributed by atoms with Crippen molar-refractivity contribution >= 4 is 5.91 Å². The van der Waals surface area contributed by atoms with E-state index < -0.39 is 0 Å². The van der Waals surface area contributed by atoms with Gasteiger partial charge >= 0.3 is 0 Å². The Morgan fingerprint density at radius 3 is 2.53 bits per heavy atom. The topological polar surface area (TPSA) is 44.1 Å². The van der Waals surface area contributed by atoms with Crippen molar-refractivity contribution in [2.24, 2.45) is 5.92 Å². The molecule has 2 aliphatic rings. The van der Waals surface area contributed by atoms with Crippen LogP contribution in [-0.2, 0) is 4.79 Å². The summed E-state index contributed by atoms with van der Waals surface area (Å²) in [6, 6.07) is 2.80. The van der Waals surface area contributed by atoms with Gasteiger partial charge in [-0.3, -0.25) is 4.79 Å². The highest BCUT2D eigenvalue weighted by atomic mass is 16.2. The lowest BCUT2D eigenvalue weighted by molar-refractivity contribution is -0.131. The molecule has 2 atom stereocenters. The van der Waals surface area contributed by atoms with Gasteiger partial charge in [0.15, 0.2) is 0 Å². The largest absolute Gasteiger partial charge is 0.336 e. The van der Waals surface area contributed by atoms with Gasteiger partial charge in [-0.2, -0.15) is 5.26 Å². The van der Waals surface area contributed by atoms with Gasteiger partial charge in [-0.25, -0.2) is 0 Å². The van der Waals surface area contributed by atoms with Gasteiger partial charge in [-0.1, -0.05) is 19.3 Å². The highest BCUT2D eigenvalue weighted by Crippen LogP contribution is 2.32. The lowest BCUT2D eigenvalue weighted by Gasteiger charge is -2.34. The van der Waals surface area contributed by atoms with E-state index in [2.05, 4.69) is 6.07 Å². The zero-order valence-electron chi connectivity index (χ0n) is 9.28. The Kier molecular flexibility index (Phi) is 2.95. The maximum Gasteiger partial charge on any atom is 0.224 e. The molecular weight excluding hydrogens is 188 g/mol. The van der Waals surface area contributed by atoms with E-state index in [0.29, 0.717) is 12.5 Å². The zero-order chi connectivity index (χ0) is 10.8. The SMILES string of the molecule is CC1C(C#N)CC(=O)N1C1CCCCC1. The molecule has 0 radical (unpaired) electrons. The molecule has 3 nitrogen and oxygen atoms in total. The lowest BCUT2D eigenvalue weighted by atomic mass is 9.93. The highest BCUT2D eigenvalue weighted by molar-refractivity contribution is 5.80. The molecule has 2 rings (SSSR count). The number of nitrogens with zero attached hydrogens (tertiary/aromatic N) is 2. The Balaban J connectivity index is 2.08. The summed E-state index contributed by atoms with van der Waals surface area (Å²) in [6.07, 6.45) is 6.47. The molecule has 0 aromatic rings. The quantitative estimate of drug-likeness (QED) is 0.659. The van der Waals surface area contributed by atoms with Crippen LogP contribution < -0.4 is 0 Å². The first-order chi connectivity index (χ1) is 7.24. The van der Waals surface area contributed by atoms with E-state index in [1.807, 2.05) is 11.8 Å². The maximum atomic E-state index is 11.8. The van der Waals surface area contributed by atoms with Crippen molar-refractivity contribution in [1.29, 1.82) is 5.26 Å². The molecule has 1 aliphatic heterocycles. The second-order valence-corrected chi connectivity index (χ2v) is 4.77. The standard InChI is InChI=1S/C12H18N2O/c1-9-10(8-13)7-12(15)14(9)11-5-3-2-4-6-11/h9-11H,2-7H2,1H3. The van der Waals surface area contributed by atoms with Gasteiger partial charge in [0.05, 0.1) is 12.0 Å². The molecule has 1 aliphatic carbocycles. The predicted octanol–water partition coefficient (Wildman–Crippen LogP) is 2.08. The molecule has 1 saturated heterocycles. The van der Waals surface area contributed by atoms with E-state index in [1.54, 1.807) is 0 Å². The van der Waals surface area contributed by atoms with E-state index in [0.717, 1.165) is 12.8 Å². The van der Waals surface area contributed by atoms with E-state index in [4.69, 9.17) is 5.26 Å². The molecule has 1 saturated carbocycles. The van der Waals surface area contributed by atoms with Gasteiger partial charge in [-0.15, -0.1) is 0 Å². The maximum absolute atomic E-state index is 11.8. The van der Waals surface area contributed by atoms with Gasteiger partial charge < -0.3 is 4.90 Å². The minimum atomic E-state index is -0.0839. The van der Waals surface area contributed by atoms with Crippen LogP contribution in [0, 0.1) is 17.2 Å². The van der Waals surface area contributed by atoms with Crippen LogP contribution in [-0.4, -0.2) is 22.9 Å². The molecule has 3 heteroatoms. The number of likely N-dealkylation sites (tertiary alicyclic amines) is 1. The first kappa shape index (κ1) is 10.5. The monoisotopic (exact) mass is 206 g/mol. The van der Waals surface area contributed by atoms with Crippen LogP contribution in [0.1, 0.15) is 45.4 Å². The minimum Gasteiger partial charge on any atom is -0.336 e. The van der Waals surface area contributed by atoms with Gasteiger partial charge in [0.2, 0.25) is 5.91 Å². The number of amides is 1. The number of carbonyl (C=O) groups is 1. The Morgan fingerprint density at radius 1 is 1.33 bits per heavy atom. The van der Waals surface area contributed by atoms with Crippen LogP contribution in [0.5, 0.6) is 0 Å². The van der Waals surface area contributed by atoms with Crippen LogP contribution >= 0.6 is 0 Å². The summed E-state index contributed by atoms with van der Waals surface area (Å²) < 4.78 is 0. The molecule has 1 heterocycles. The molecule has 1 amide bonds. The van der Waals surface area contributed by atoms with Crippen molar-refractivity contribution in [3.8, 4) is 6.07 Å². The first-order valence-electron chi connectivity index (χ1n) is 5.95. The molecule has 82 valence electrons. The number of hydrogen-bond acceptors (Lipinski definition) is 2. The third-order valence-electron chi connectivity index (χ3n) is 3.84. The summed E-state index contributed by atoms with van der Waals surface area (Å²) in [7, 11) is 0. The molecule has 0 bridgehead atoms. The average Bonchev–Trinajstić information content (AvgIpc) is 2.55. The number of nitriles is 1. The first-order valence-corrected chi connectivity index (χ1v) is 5.95. The van der Waals surface area contributed by atoms with Crippen molar-refractivity contribution in [3.63, 3.8) is 0 Å². The van der Waals surface area contributed by atoms with Gasteiger partial charge in [0, 0.05) is 18.5 Å². The van der Waals surface area contributed by atoms with Crippen LogP contribution in [0.4, 0.5) is 0 Å². The van der Waals surface area contributed by atoms with E-state index in [1.165, 1.54) is 19.3 Å². The van der Waals surface area contributed by atoms with Crippen LogP contribution in [0.3, 0.4) is 0 Å². The minimum absolute atomic E-state index is 0.0839. The van der Waals surface area contributed by atoms with Crippen molar-refractivity contribution in [1.82, 2.24) is 4.90 Å². The number of carbonyl (C=O) groups excluding carboxylic acids is 1. The Hall–Kier alpha value is -1.04. The van der Waals surface area contributed by atoms with Crippen LogP contribution in [0.2, 0.25) is 0 Å². The van der Waals surface area contributed by atoms with E-state index >= 15 is 0 Å².